The van der Waals surface area contributed by atoms with Crippen LogP contribution >= 0.6 is 0 Å². The second kappa shape index (κ2) is 21.1. The Morgan fingerprint density at radius 3 is 1.52 bits per heavy atom. The molecule has 1 amide bonds. The molecule has 328 valence electrons. The number of pyridine rings is 2. The Labute approximate surface area is 361 Å². The Balaban J connectivity index is 0.000000243. The molecule has 0 bridgehead atoms. The number of hydrogen-bond donors (Lipinski definition) is 4. The summed E-state index contributed by atoms with van der Waals surface area (Å²) in [5.41, 5.74) is 5.59. The van der Waals surface area contributed by atoms with Crippen LogP contribution in [0.15, 0.2) is 119 Å². The smallest absolute Gasteiger partial charge is 0.407 e. The van der Waals surface area contributed by atoms with E-state index in [2.05, 4.69) is 35.9 Å². The van der Waals surface area contributed by atoms with E-state index in [-0.39, 0.29) is 35.9 Å². The number of nitrogens with zero attached hydrogens (tertiary/aromatic N) is 8. The van der Waals surface area contributed by atoms with Crippen LogP contribution in [0.5, 0.6) is 0 Å². The first-order valence-corrected chi connectivity index (χ1v) is 19.6. The van der Waals surface area contributed by atoms with E-state index in [1.54, 1.807) is 45.0 Å². The van der Waals surface area contributed by atoms with Crippen molar-refractivity contribution in [2.45, 2.75) is 51.3 Å². The number of carbonyl (C=O) groups excluding carboxylic acids is 1. The monoisotopic (exact) mass is 860 g/mol. The summed E-state index contributed by atoms with van der Waals surface area (Å²) >= 11 is 0. The summed E-state index contributed by atoms with van der Waals surface area (Å²) in [5.74, 6) is 0.336. The van der Waals surface area contributed by atoms with Crippen molar-refractivity contribution < 1.29 is 19.4 Å². The van der Waals surface area contributed by atoms with Crippen LogP contribution in [0.2, 0.25) is 0 Å². The highest BCUT2D eigenvalue weighted by Gasteiger charge is 2.28. The molecule has 0 unspecified atom stereocenters. The summed E-state index contributed by atoms with van der Waals surface area (Å²) < 4.78 is 7.59. The summed E-state index contributed by atoms with van der Waals surface area (Å²) in [6, 6.07) is 24.9. The Morgan fingerprint density at radius 1 is 0.698 bits per heavy atom. The number of rotatable bonds is 15. The normalized spacial score (nSPS) is 11.9. The maximum atomic E-state index is 12.8. The van der Waals surface area contributed by atoms with Gasteiger partial charge >= 0.3 is 28.6 Å². The zero-order valence-corrected chi connectivity index (χ0v) is 35.3. The van der Waals surface area contributed by atoms with Gasteiger partial charge in [-0.3, -0.25) is 48.9 Å². The van der Waals surface area contributed by atoms with Gasteiger partial charge in [0.2, 0.25) is 11.9 Å². The maximum Gasteiger partial charge on any atom is 0.407 e. The van der Waals surface area contributed by atoms with Gasteiger partial charge in [-0.25, -0.2) is 14.8 Å². The third-order valence-corrected chi connectivity index (χ3v) is 9.22. The van der Waals surface area contributed by atoms with Gasteiger partial charge < -0.3 is 26.4 Å². The van der Waals surface area contributed by atoms with Gasteiger partial charge in [0, 0.05) is 69.1 Å². The second-order valence-corrected chi connectivity index (χ2v) is 15.2. The number of amides is 1. The number of benzene rings is 2. The number of anilines is 2. The molecule has 5 N–H and O–H groups in total. The van der Waals surface area contributed by atoms with Crippen molar-refractivity contribution in [1.82, 2.24) is 34.4 Å². The van der Waals surface area contributed by atoms with Crippen LogP contribution in [-0.4, -0.2) is 75.8 Å². The fourth-order valence-electron chi connectivity index (χ4n) is 6.22. The highest BCUT2D eigenvalue weighted by molar-refractivity contribution is 5.71. The molecule has 63 heavy (non-hydrogen) atoms. The number of carbonyl (C=O) groups is 1. The topological polar surface area (TPSA) is 270 Å². The molecular weight excluding hydrogens is 813 g/mol. The Bertz CT molecular complexity index is 2620. The molecule has 6 rings (SSSR count). The first-order chi connectivity index (χ1) is 30.0. The van der Waals surface area contributed by atoms with E-state index >= 15 is 0 Å². The third-order valence-electron chi connectivity index (χ3n) is 9.22. The molecule has 0 aliphatic heterocycles. The largest absolute Gasteiger partial charge is 0.444 e. The van der Waals surface area contributed by atoms with E-state index in [4.69, 9.17) is 10.5 Å². The van der Waals surface area contributed by atoms with Crippen LogP contribution in [0.1, 0.15) is 31.9 Å². The number of alkyl carbamates (subject to hydrolysis) is 1. The molecule has 2 atom stereocenters. The number of aromatic nitrogens is 6. The minimum absolute atomic E-state index is 0.00497. The van der Waals surface area contributed by atoms with Crippen LogP contribution < -0.4 is 32.8 Å². The molecule has 4 heterocycles. The van der Waals surface area contributed by atoms with Crippen LogP contribution in [0.25, 0.3) is 22.5 Å². The lowest BCUT2D eigenvalue weighted by Gasteiger charge is -2.24. The average Bonchev–Trinajstić information content (AvgIpc) is 3.25. The minimum atomic E-state index is -0.806. The molecular formula is C43H48N12O8. The number of nitrogens with two attached hydrogens (primary N) is 1. The van der Waals surface area contributed by atoms with Gasteiger partial charge in [0.05, 0.1) is 15.9 Å². The van der Waals surface area contributed by atoms with E-state index in [0.29, 0.717) is 30.5 Å². The van der Waals surface area contributed by atoms with Crippen LogP contribution in [0, 0.1) is 20.2 Å². The molecule has 0 saturated carbocycles. The Hall–Kier alpha value is -7.87. The van der Waals surface area contributed by atoms with E-state index in [0.717, 1.165) is 20.3 Å². The zero-order valence-electron chi connectivity index (χ0n) is 35.3. The van der Waals surface area contributed by atoms with E-state index in [9.17, 15) is 34.6 Å². The zero-order chi connectivity index (χ0) is 45.7. The number of nitrogens with one attached hydrogen (secondary N) is 3. The molecule has 20 heteroatoms. The quantitative estimate of drug-likeness (QED) is 0.0779. The van der Waals surface area contributed by atoms with Crippen LogP contribution in [0.3, 0.4) is 0 Å². The van der Waals surface area contributed by atoms with E-state index < -0.39 is 50.1 Å². The standard InChI is InChI=1S/C24H28N6O5.C19H20N6O3/c1-24(2,3)35-23(32)27-18(14-16-8-6-5-7-9-16)15-26-22-28-19(17-10-12-25-13-11-17)20(30(33)34)21(31)29(22)4;1-24-18(26)17(25(27)28)16(14-7-9-21-10-8-14)23-19(24)22-12-15(20)11-13-5-3-2-4-6-13/h5-13,18H,14-15H2,1-4H3,(H,26,28)(H,27,32);2-10,15H,11-12,20H2,1H3,(H,22,23)/t18-;15-/m00/s1. The lowest BCUT2D eigenvalue weighted by molar-refractivity contribution is -0.386. The summed E-state index contributed by atoms with van der Waals surface area (Å²) in [4.78, 5) is 76.0. The highest BCUT2D eigenvalue weighted by atomic mass is 16.6. The molecule has 0 saturated heterocycles. The van der Waals surface area contributed by atoms with Gasteiger partial charge in [-0.05, 0) is 69.0 Å². The average molecular weight is 861 g/mol. The molecule has 0 fully saturated rings. The predicted molar refractivity (Wildman–Crippen MR) is 237 cm³/mol. The fraction of sp³-hybridized carbons (Fsp3) is 0.279. The second-order valence-electron chi connectivity index (χ2n) is 15.2. The van der Waals surface area contributed by atoms with Crippen molar-refractivity contribution in [1.29, 1.82) is 0 Å². The highest BCUT2D eigenvalue weighted by Crippen LogP contribution is 2.27. The van der Waals surface area contributed by atoms with Crippen molar-refractivity contribution in [3.05, 3.63) is 162 Å². The van der Waals surface area contributed by atoms with Crippen LogP contribution in [0.4, 0.5) is 28.1 Å². The van der Waals surface area contributed by atoms with Gasteiger partial charge in [0.15, 0.2) is 11.4 Å². The van der Waals surface area contributed by atoms with Crippen molar-refractivity contribution in [3.63, 3.8) is 0 Å². The van der Waals surface area contributed by atoms with Gasteiger partial charge in [0.1, 0.15) is 5.60 Å². The molecule has 0 aliphatic rings. The summed E-state index contributed by atoms with van der Waals surface area (Å²) in [6.07, 6.45) is 6.44. The van der Waals surface area contributed by atoms with Crippen molar-refractivity contribution in [2.24, 2.45) is 19.8 Å². The van der Waals surface area contributed by atoms with E-state index in [1.807, 2.05) is 60.7 Å². The molecule has 0 radical (unpaired) electrons. The van der Waals surface area contributed by atoms with Gasteiger partial charge in [-0.2, -0.15) is 0 Å². The van der Waals surface area contributed by atoms with Crippen molar-refractivity contribution in [2.75, 3.05) is 23.7 Å². The molecule has 2 aromatic carbocycles. The van der Waals surface area contributed by atoms with Crippen molar-refractivity contribution >= 4 is 29.4 Å². The Morgan fingerprint density at radius 2 is 1.11 bits per heavy atom. The molecule has 4 aromatic heterocycles. The lowest BCUT2D eigenvalue weighted by atomic mass is 10.1. The fourth-order valence-corrected chi connectivity index (χ4v) is 6.22. The van der Waals surface area contributed by atoms with Gasteiger partial charge in [-0.1, -0.05) is 60.7 Å². The molecule has 0 spiro atoms. The third kappa shape index (κ3) is 12.8. The van der Waals surface area contributed by atoms with Crippen LogP contribution in [-0.2, 0) is 31.7 Å². The van der Waals surface area contributed by atoms with E-state index in [1.165, 1.54) is 38.9 Å². The summed E-state index contributed by atoms with van der Waals surface area (Å²) in [6.45, 7) is 5.85. The molecule has 6 aromatic rings. The SMILES string of the molecule is Cn1c(NC[C@@H](N)Cc2ccccc2)nc(-c2ccncc2)c([N+](=O)[O-])c1=O.Cn1c(NC[C@H](Cc2ccccc2)NC(=O)OC(C)(C)C)nc(-c2ccncc2)c([N+](=O)[O-])c1=O. The number of ether oxygens (including phenoxy) is 1. The molecule has 20 nitrogen and oxygen atoms in total. The first kappa shape index (κ1) is 46.2. The predicted octanol–water partition coefficient (Wildman–Crippen LogP) is 5.03. The van der Waals surface area contributed by atoms with Crippen molar-refractivity contribution in [3.8, 4) is 22.5 Å². The lowest BCUT2D eigenvalue weighted by Crippen LogP contribution is -2.44. The summed E-state index contributed by atoms with van der Waals surface area (Å²) in [7, 11) is 2.83. The molecule has 0 aliphatic carbocycles. The first-order valence-electron chi connectivity index (χ1n) is 19.6. The number of hydrogen-bond acceptors (Lipinski definition) is 15. The summed E-state index contributed by atoms with van der Waals surface area (Å²) in [5, 5.41) is 32.0. The number of nitro groups is 2. The Kier molecular flexibility index (Phi) is 15.5. The minimum Gasteiger partial charge on any atom is -0.444 e. The van der Waals surface area contributed by atoms with Gasteiger partial charge in [-0.15, -0.1) is 0 Å². The van der Waals surface area contributed by atoms with Gasteiger partial charge in [0.25, 0.3) is 0 Å². The maximum absolute atomic E-state index is 12.8.